The Morgan fingerprint density at radius 1 is 1.05 bits per heavy atom. The fourth-order valence-electron chi connectivity index (χ4n) is 2.01. The first-order valence-electron chi connectivity index (χ1n) is 8.19. The lowest BCUT2D eigenvalue weighted by Crippen LogP contribution is -2.37. The SMILES string of the molecule is CCCCOC(=O)C(CO)CN(CCCC)CCCC. The summed E-state index contributed by atoms with van der Waals surface area (Å²) in [4.78, 5) is 14.2. The second-order valence-corrected chi connectivity index (χ2v) is 5.41. The molecule has 0 heterocycles. The Labute approximate surface area is 124 Å². The minimum absolute atomic E-state index is 0.125. The summed E-state index contributed by atoms with van der Waals surface area (Å²) in [6.45, 7) is 9.34. The molecule has 0 spiro atoms. The first kappa shape index (κ1) is 19.4. The Balaban J connectivity index is 4.25. The van der Waals surface area contributed by atoms with Gasteiger partial charge in [-0.2, -0.15) is 0 Å². The van der Waals surface area contributed by atoms with Crippen LogP contribution in [0.15, 0.2) is 0 Å². The molecule has 0 radical (unpaired) electrons. The van der Waals surface area contributed by atoms with Gasteiger partial charge < -0.3 is 14.7 Å². The zero-order valence-electron chi connectivity index (χ0n) is 13.6. The van der Waals surface area contributed by atoms with E-state index in [9.17, 15) is 9.90 Å². The molecule has 1 N–H and O–H groups in total. The summed E-state index contributed by atoms with van der Waals surface area (Å²) in [7, 11) is 0. The van der Waals surface area contributed by atoms with Gasteiger partial charge in [-0.3, -0.25) is 4.79 Å². The predicted octanol–water partition coefficient (Wildman–Crippen LogP) is 2.84. The van der Waals surface area contributed by atoms with Crippen molar-refractivity contribution in [1.29, 1.82) is 0 Å². The van der Waals surface area contributed by atoms with E-state index < -0.39 is 5.92 Å². The molecule has 0 aromatic heterocycles. The van der Waals surface area contributed by atoms with Gasteiger partial charge in [0.15, 0.2) is 0 Å². The molecule has 20 heavy (non-hydrogen) atoms. The minimum Gasteiger partial charge on any atom is -0.465 e. The second-order valence-electron chi connectivity index (χ2n) is 5.41. The molecule has 1 atom stereocenters. The van der Waals surface area contributed by atoms with Gasteiger partial charge in [0.1, 0.15) is 0 Å². The normalized spacial score (nSPS) is 12.7. The molecule has 0 aromatic carbocycles. The molecule has 0 amide bonds. The molecular weight excluding hydrogens is 254 g/mol. The standard InChI is InChI=1S/C16H33NO3/c1-4-7-10-17(11-8-5-2)13-15(14-18)16(19)20-12-9-6-3/h15,18H,4-14H2,1-3H3. The Morgan fingerprint density at radius 2 is 1.60 bits per heavy atom. The number of hydrogen-bond acceptors (Lipinski definition) is 4. The van der Waals surface area contributed by atoms with E-state index in [2.05, 4.69) is 25.7 Å². The summed E-state index contributed by atoms with van der Waals surface area (Å²) in [6, 6.07) is 0. The maximum absolute atomic E-state index is 11.9. The Kier molecular flexibility index (Phi) is 13.0. The average molecular weight is 287 g/mol. The summed E-state index contributed by atoms with van der Waals surface area (Å²) < 4.78 is 5.22. The zero-order valence-corrected chi connectivity index (χ0v) is 13.6. The highest BCUT2D eigenvalue weighted by molar-refractivity contribution is 5.72. The number of hydrogen-bond donors (Lipinski definition) is 1. The molecule has 0 bridgehead atoms. The summed E-state index contributed by atoms with van der Waals surface area (Å²) >= 11 is 0. The van der Waals surface area contributed by atoms with Crippen LogP contribution in [-0.2, 0) is 9.53 Å². The molecule has 0 saturated carbocycles. The van der Waals surface area contributed by atoms with Gasteiger partial charge in [-0.15, -0.1) is 0 Å². The number of carbonyl (C=O) groups excluding carboxylic acids is 1. The number of carbonyl (C=O) groups is 1. The van der Waals surface area contributed by atoms with Crippen molar-refractivity contribution in [3.05, 3.63) is 0 Å². The van der Waals surface area contributed by atoms with Crippen LogP contribution in [0.3, 0.4) is 0 Å². The van der Waals surface area contributed by atoms with E-state index >= 15 is 0 Å². The van der Waals surface area contributed by atoms with Gasteiger partial charge in [-0.1, -0.05) is 40.0 Å². The van der Waals surface area contributed by atoms with Crippen LogP contribution in [-0.4, -0.2) is 48.8 Å². The predicted molar refractivity (Wildman–Crippen MR) is 82.7 cm³/mol. The van der Waals surface area contributed by atoms with Crippen LogP contribution in [0.25, 0.3) is 0 Å². The van der Waals surface area contributed by atoms with Crippen LogP contribution in [0.1, 0.15) is 59.3 Å². The smallest absolute Gasteiger partial charge is 0.312 e. The van der Waals surface area contributed by atoms with E-state index in [0.29, 0.717) is 13.2 Å². The second kappa shape index (κ2) is 13.4. The van der Waals surface area contributed by atoms with Crippen LogP contribution in [0.2, 0.25) is 0 Å². The fraction of sp³-hybridized carbons (Fsp3) is 0.938. The molecule has 0 aliphatic heterocycles. The van der Waals surface area contributed by atoms with Crippen LogP contribution in [0.5, 0.6) is 0 Å². The maximum atomic E-state index is 11.9. The lowest BCUT2D eigenvalue weighted by Gasteiger charge is -2.25. The number of unbranched alkanes of at least 4 members (excludes halogenated alkanes) is 3. The van der Waals surface area contributed by atoms with Gasteiger partial charge >= 0.3 is 5.97 Å². The highest BCUT2D eigenvalue weighted by atomic mass is 16.5. The fourth-order valence-corrected chi connectivity index (χ4v) is 2.01. The number of nitrogens with zero attached hydrogens (tertiary/aromatic N) is 1. The van der Waals surface area contributed by atoms with Crippen molar-refractivity contribution in [3.63, 3.8) is 0 Å². The molecule has 0 saturated heterocycles. The maximum Gasteiger partial charge on any atom is 0.312 e. The lowest BCUT2D eigenvalue weighted by molar-refractivity contribution is -0.150. The van der Waals surface area contributed by atoms with Crippen molar-refractivity contribution in [2.24, 2.45) is 5.92 Å². The molecule has 0 aliphatic carbocycles. The van der Waals surface area contributed by atoms with Crippen molar-refractivity contribution < 1.29 is 14.6 Å². The van der Waals surface area contributed by atoms with Crippen LogP contribution in [0, 0.1) is 5.92 Å². The zero-order chi connectivity index (χ0) is 15.2. The Bertz CT molecular complexity index is 226. The topological polar surface area (TPSA) is 49.8 Å². The summed E-state index contributed by atoms with van der Waals surface area (Å²) in [5.74, 6) is -0.653. The minimum atomic E-state index is -0.402. The van der Waals surface area contributed by atoms with Crippen molar-refractivity contribution in [2.75, 3.05) is 32.8 Å². The van der Waals surface area contributed by atoms with Gasteiger partial charge in [-0.05, 0) is 32.4 Å². The van der Waals surface area contributed by atoms with Gasteiger partial charge in [0, 0.05) is 6.54 Å². The van der Waals surface area contributed by atoms with E-state index in [4.69, 9.17) is 4.74 Å². The number of esters is 1. The van der Waals surface area contributed by atoms with E-state index in [-0.39, 0.29) is 12.6 Å². The molecular formula is C16H33NO3. The Morgan fingerprint density at radius 3 is 2.05 bits per heavy atom. The molecule has 0 rings (SSSR count). The van der Waals surface area contributed by atoms with E-state index in [1.54, 1.807) is 0 Å². The molecule has 0 fully saturated rings. The highest BCUT2D eigenvalue weighted by Gasteiger charge is 2.22. The summed E-state index contributed by atoms with van der Waals surface area (Å²) in [5.41, 5.74) is 0. The van der Waals surface area contributed by atoms with E-state index in [1.807, 2.05) is 0 Å². The third-order valence-corrected chi connectivity index (χ3v) is 3.43. The van der Waals surface area contributed by atoms with Crippen molar-refractivity contribution >= 4 is 5.97 Å². The number of ether oxygens (including phenoxy) is 1. The van der Waals surface area contributed by atoms with Crippen molar-refractivity contribution in [2.45, 2.75) is 59.3 Å². The van der Waals surface area contributed by atoms with Crippen molar-refractivity contribution in [3.8, 4) is 0 Å². The molecule has 4 nitrogen and oxygen atoms in total. The summed E-state index contributed by atoms with van der Waals surface area (Å²) in [5, 5.41) is 9.43. The van der Waals surface area contributed by atoms with Crippen LogP contribution >= 0.6 is 0 Å². The number of aliphatic hydroxyl groups is 1. The molecule has 1 unspecified atom stereocenters. The number of rotatable bonds is 13. The molecule has 0 aliphatic rings. The van der Waals surface area contributed by atoms with E-state index in [0.717, 1.165) is 51.6 Å². The lowest BCUT2D eigenvalue weighted by atomic mass is 10.1. The molecule has 4 heteroatoms. The van der Waals surface area contributed by atoms with Gasteiger partial charge in [0.2, 0.25) is 0 Å². The van der Waals surface area contributed by atoms with Crippen LogP contribution in [0.4, 0.5) is 0 Å². The average Bonchev–Trinajstić information content (AvgIpc) is 2.46. The van der Waals surface area contributed by atoms with Crippen LogP contribution < -0.4 is 0 Å². The third-order valence-electron chi connectivity index (χ3n) is 3.43. The van der Waals surface area contributed by atoms with Gasteiger partial charge in [0.25, 0.3) is 0 Å². The van der Waals surface area contributed by atoms with Gasteiger partial charge in [0.05, 0.1) is 19.1 Å². The quantitative estimate of drug-likeness (QED) is 0.418. The molecule has 120 valence electrons. The first-order valence-corrected chi connectivity index (χ1v) is 8.19. The summed E-state index contributed by atoms with van der Waals surface area (Å²) in [6.07, 6.45) is 6.45. The number of aliphatic hydroxyl groups excluding tert-OH is 1. The largest absolute Gasteiger partial charge is 0.465 e. The van der Waals surface area contributed by atoms with Gasteiger partial charge in [-0.25, -0.2) is 0 Å². The van der Waals surface area contributed by atoms with E-state index in [1.165, 1.54) is 0 Å². The first-order chi connectivity index (χ1) is 9.69. The third kappa shape index (κ3) is 9.32. The molecule has 0 aromatic rings. The highest BCUT2D eigenvalue weighted by Crippen LogP contribution is 2.07. The monoisotopic (exact) mass is 287 g/mol. The Hall–Kier alpha value is -0.610. The van der Waals surface area contributed by atoms with Crippen molar-refractivity contribution in [1.82, 2.24) is 4.90 Å².